The molecule has 7 nitrogen and oxygen atoms in total. The maximum atomic E-state index is 11.8. The van der Waals surface area contributed by atoms with E-state index in [0.717, 1.165) is 32.1 Å². The molecule has 0 unspecified atom stereocenters. The molecule has 112 valence electrons. The van der Waals surface area contributed by atoms with Crippen LogP contribution < -0.4 is 11.3 Å². The fraction of sp³-hybridized carbons (Fsp3) is 0.615. The Labute approximate surface area is 125 Å². The number of hydrogen-bond donors (Lipinski definition) is 3. The fourth-order valence-electron chi connectivity index (χ4n) is 3.56. The molecule has 1 saturated carbocycles. The van der Waals surface area contributed by atoms with Crippen LogP contribution in [0.1, 0.15) is 37.5 Å². The molecule has 3 heterocycles. The summed E-state index contributed by atoms with van der Waals surface area (Å²) in [5.74, 6) is 0.105. The molecular weight excluding hydrogens is 290 g/mol. The second-order valence-electron chi connectivity index (χ2n) is 5.86. The van der Waals surface area contributed by atoms with E-state index in [1.165, 1.54) is 0 Å². The van der Waals surface area contributed by atoms with Crippen LogP contribution >= 0.6 is 11.8 Å². The average Bonchev–Trinajstić information content (AvgIpc) is 3.11. The number of anilines is 1. The number of nitrogens with zero attached hydrogens (tertiary/aromatic N) is 3. The Balaban J connectivity index is 1.74. The highest BCUT2D eigenvalue weighted by molar-refractivity contribution is 8.01. The van der Waals surface area contributed by atoms with Crippen molar-refractivity contribution in [2.24, 2.45) is 0 Å². The first kappa shape index (κ1) is 13.1. The third-order valence-corrected chi connectivity index (χ3v) is 6.52. The first-order valence-corrected chi connectivity index (χ1v) is 8.05. The Morgan fingerprint density at radius 3 is 3.10 bits per heavy atom. The van der Waals surface area contributed by atoms with Crippen molar-refractivity contribution in [3.05, 3.63) is 16.7 Å². The number of hydrogen-bond acceptors (Lipinski definition) is 6. The number of thioether (sulfide) groups is 1. The minimum atomic E-state index is -0.310. The quantitative estimate of drug-likeness (QED) is 0.725. The van der Waals surface area contributed by atoms with Gasteiger partial charge in [-0.15, -0.1) is 11.8 Å². The number of nitrogens with two attached hydrogens (primary N) is 1. The van der Waals surface area contributed by atoms with Crippen LogP contribution in [0.5, 0.6) is 0 Å². The number of aromatic nitrogens is 4. The lowest BCUT2D eigenvalue weighted by Gasteiger charge is -2.27. The monoisotopic (exact) mass is 307 g/mol. The number of rotatable bonds is 1. The number of imidazole rings is 1. The van der Waals surface area contributed by atoms with Gasteiger partial charge in [-0.05, 0) is 32.1 Å². The van der Waals surface area contributed by atoms with E-state index in [4.69, 9.17) is 5.73 Å². The van der Waals surface area contributed by atoms with Crippen LogP contribution in [0.15, 0.2) is 11.1 Å². The fourth-order valence-corrected chi connectivity index (χ4v) is 5.38. The van der Waals surface area contributed by atoms with Gasteiger partial charge in [-0.25, -0.2) is 4.98 Å². The lowest BCUT2D eigenvalue weighted by atomic mass is 9.99. The Bertz CT molecular complexity index is 757. The summed E-state index contributed by atoms with van der Waals surface area (Å²) in [7, 11) is 0. The van der Waals surface area contributed by atoms with Gasteiger partial charge in [-0.2, -0.15) is 4.98 Å². The molecule has 0 bridgehead atoms. The van der Waals surface area contributed by atoms with Crippen molar-refractivity contribution >= 4 is 28.9 Å². The minimum Gasteiger partial charge on any atom is -0.392 e. The number of aliphatic hydroxyl groups excluding tert-OH is 1. The Hall–Kier alpha value is -1.54. The number of aliphatic hydroxyl groups is 1. The van der Waals surface area contributed by atoms with Crippen LogP contribution in [0, 0.1) is 0 Å². The maximum Gasteiger partial charge on any atom is 0.280 e. The van der Waals surface area contributed by atoms with Gasteiger partial charge < -0.3 is 15.4 Å². The molecule has 2 aromatic heterocycles. The molecule has 0 amide bonds. The van der Waals surface area contributed by atoms with Gasteiger partial charge in [0.2, 0.25) is 5.95 Å². The molecule has 1 spiro atoms. The second kappa shape index (κ2) is 4.48. The summed E-state index contributed by atoms with van der Waals surface area (Å²) >= 11 is 1.79. The van der Waals surface area contributed by atoms with Crippen LogP contribution in [0.2, 0.25) is 0 Å². The Morgan fingerprint density at radius 2 is 2.33 bits per heavy atom. The van der Waals surface area contributed by atoms with Gasteiger partial charge in [0.25, 0.3) is 5.56 Å². The SMILES string of the molecule is Nc1nc2c(ncn2[C@H]2CC[C@]3(CCC[C@H]3O)S2)c(=O)[nH]1. The topological polar surface area (TPSA) is 110 Å². The van der Waals surface area contributed by atoms with E-state index in [9.17, 15) is 9.90 Å². The van der Waals surface area contributed by atoms with Gasteiger partial charge in [0, 0.05) is 4.75 Å². The lowest BCUT2D eigenvalue weighted by Crippen LogP contribution is -2.30. The van der Waals surface area contributed by atoms with E-state index in [1.54, 1.807) is 18.1 Å². The van der Waals surface area contributed by atoms with Crippen LogP contribution in [0.3, 0.4) is 0 Å². The Kier molecular flexibility index (Phi) is 2.80. The highest BCUT2D eigenvalue weighted by Crippen LogP contribution is 2.57. The third kappa shape index (κ3) is 1.89. The summed E-state index contributed by atoms with van der Waals surface area (Å²) in [6.45, 7) is 0. The van der Waals surface area contributed by atoms with E-state index >= 15 is 0 Å². The average molecular weight is 307 g/mol. The van der Waals surface area contributed by atoms with Crippen molar-refractivity contribution in [2.45, 2.75) is 48.3 Å². The lowest BCUT2D eigenvalue weighted by molar-refractivity contribution is 0.148. The predicted molar refractivity (Wildman–Crippen MR) is 81.0 cm³/mol. The zero-order valence-corrected chi connectivity index (χ0v) is 12.3. The summed E-state index contributed by atoms with van der Waals surface area (Å²) in [6.07, 6.45) is 6.38. The summed E-state index contributed by atoms with van der Waals surface area (Å²) in [5, 5.41) is 10.4. The van der Waals surface area contributed by atoms with Crippen LogP contribution in [-0.2, 0) is 0 Å². The van der Waals surface area contributed by atoms with Gasteiger partial charge in [0.1, 0.15) is 0 Å². The number of nitrogens with one attached hydrogen (secondary N) is 1. The van der Waals surface area contributed by atoms with E-state index in [-0.39, 0.29) is 27.7 Å². The molecule has 2 aliphatic rings. The smallest absolute Gasteiger partial charge is 0.280 e. The first-order chi connectivity index (χ1) is 10.1. The molecule has 21 heavy (non-hydrogen) atoms. The van der Waals surface area contributed by atoms with Crippen molar-refractivity contribution < 1.29 is 5.11 Å². The second-order valence-corrected chi connectivity index (χ2v) is 7.45. The van der Waals surface area contributed by atoms with Crippen LogP contribution in [0.25, 0.3) is 11.2 Å². The zero-order chi connectivity index (χ0) is 14.6. The van der Waals surface area contributed by atoms with Gasteiger partial charge >= 0.3 is 0 Å². The van der Waals surface area contributed by atoms with Gasteiger partial charge in [-0.3, -0.25) is 9.78 Å². The number of nitrogen functional groups attached to an aromatic ring is 1. The molecule has 4 N–H and O–H groups in total. The molecular formula is C13H17N5O2S. The molecule has 1 aliphatic heterocycles. The maximum absolute atomic E-state index is 11.8. The zero-order valence-electron chi connectivity index (χ0n) is 11.5. The number of fused-ring (bicyclic) bond motifs is 1. The molecule has 0 radical (unpaired) electrons. The summed E-state index contributed by atoms with van der Waals surface area (Å²) < 4.78 is 1.89. The number of H-pyrrole nitrogens is 1. The van der Waals surface area contributed by atoms with E-state index in [0.29, 0.717) is 11.2 Å². The molecule has 4 rings (SSSR count). The van der Waals surface area contributed by atoms with E-state index in [1.807, 2.05) is 4.57 Å². The highest BCUT2D eigenvalue weighted by atomic mass is 32.2. The van der Waals surface area contributed by atoms with Gasteiger partial charge in [0.15, 0.2) is 11.2 Å². The van der Waals surface area contributed by atoms with Crippen molar-refractivity contribution in [3.8, 4) is 0 Å². The Morgan fingerprint density at radius 1 is 1.48 bits per heavy atom. The molecule has 2 fully saturated rings. The number of aromatic amines is 1. The van der Waals surface area contributed by atoms with Crippen LogP contribution in [-0.4, -0.2) is 35.5 Å². The van der Waals surface area contributed by atoms with Crippen molar-refractivity contribution in [3.63, 3.8) is 0 Å². The third-order valence-electron chi connectivity index (χ3n) is 4.63. The minimum absolute atomic E-state index is 0.0337. The normalized spacial score (nSPS) is 32.4. The van der Waals surface area contributed by atoms with Crippen molar-refractivity contribution in [2.75, 3.05) is 5.73 Å². The van der Waals surface area contributed by atoms with Gasteiger partial charge in [0.05, 0.1) is 17.8 Å². The van der Waals surface area contributed by atoms with E-state index < -0.39 is 0 Å². The first-order valence-electron chi connectivity index (χ1n) is 7.17. The predicted octanol–water partition coefficient (Wildman–Crippen LogP) is 1.01. The summed E-state index contributed by atoms with van der Waals surface area (Å²) in [6, 6.07) is 0. The molecule has 0 aromatic carbocycles. The molecule has 3 atom stereocenters. The van der Waals surface area contributed by atoms with E-state index in [2.05, 4.69) is 15.0 Å². The summed E-state index contributed by atoms with van der Waals surface area (Å²) in [4.78, 5) is 22.7. The molecule has 8 heteroatoms. The largest absolute Gasteiger partial charge is 0.392 e. The van der Waals surface area contributed by atoms with Crippen LogP contribution in [0.4, 0.5) is 5.95 Å². The molecule has 2 aromatic rings. The molecule has 1 saturated heterocycles. The van der Waals surface area contributed by atoms with Crippen molar-refractivity contribution in [1.29, 1.82) is 0 Å². The standard InChI is InChI=1S/C13H17N5O2S/c14-12-16-10-9(11(20)17-12)15-6-18(10)8-3-5-13(21-8)4-1-2-7(13)19/h6-8,19H,1-5H2,(H3,14,16,17,20)/t7-,8-,13+/m1/s1. The van der Waals surface area contributed by atoms with Gasteiger partial charge in [-0.1, -0.05) is 0 Å². The van der Waals surface area contributed by atoms with Crippen molar-refractivity contribution in [1.82, 2.24) is 19.5 Å². The highest BCUT2D eigenvalue weighted by Gasteiger charge is 2.48. The summed E-state index contributed by atoms with van der Waals surface area (Å²) in [5.41, 5.74) is 6.17. The molecule has 1 aliphatic carbocycles.